The van der Waals surface area contributed by atoms with Gasteiger partial charge in [-0.3, -0.25) is 15.0 Å². The summed E-state index contributed by atoms with van der Waals surface area (Å²) in [5.41, 5.74) is 4.10. The Labute approximate surface area is 112 Å². The molecule has 1 saturated heterocycles. The zero-order chi connectivity index (χ0) is 13.8. The van der Waals surface area contributed by atoms with Gasteiger partial charge in [0.05, 0.1) is 6.42 Å². The first-order chi connectivity index (χ1) is 9.08. The van der Waals surface area contributed by atoms with Crippen molar-refractivity contribution < 1.29 is 9.59 Å². The normalized spacial score (nSPS) is 18.7. The number of nitrogens with zero attached hydrogens (tertiary/aromatic N) is 1. The summed E-state index contributed by atoms with van der Waals surface area (Å²) in [7, 11) is 0. The highest BCUT2D eigenvalue weighted by Crippen LogP contribution is 2.19. The highest BCUT2D eigenvalue weighted by Gasteiger charge is 2.26. The number of carbonyl (C=O) groups excluding carboxylic acids is 2. The summed E-state index contributed by atoms with van der Waals surface area (Å²) in [4.78, 5) is 24.7. The molecule has 3 N–H and O–H groups in total. The van der Waals surface area contributed by atoms with Crippen LogP contribution in [-0.2, 0) is 22.6 Å². The predicted molar refractivity (Wildman–Crippen MR) is 71.7 cm³/mol. The standard InChI is InChI=1S/C14H19N3O2/c1-10-6-14(19)17(8-10)9-12-4-2-11(3-5-12)7-13(18)16-15/h2-5,10H,6-9,15H2,1H3,(H,16,18). The summed E-state index contributed by atoms with van der Waals surface area (Å²) >= 11 is 0. The molecule has 5 heteroatoms. The van der Waals surface area contributed by atoms with Gasteiger partial charge in [0.1, 0.15) is 0 Å². The molecular weight excluding hydrogens is 242 g/mol. The van der Waals surface area contributed by atoms with Crippen LogP contribution >= 0.6 is 0 Å². The van der Waals surface area contributed by atoms with Crippen LogP contribution < -0.4 is 11.3 Å². The maximum absolute atomic E-state index is 11.7. The van der Waals surface area contributed by atoms with Crippen LogP contribution in [0.2, 0.25) is 0 Å². The Morgan fingerprint density at radius 2 is 2.00 bits per heavy atom. The number of hydrogen-bond acceptors (Lipinski definition) is 3. The van der Waals surface area contributed by atoms with Crippen molar-refractivity contribution in [2.45, 2.75) is 26.3 Å². The van der Waals surface area contributed by atoms with Gasteiger partial charge in [-0.25, -0.2) is 5.84 Å². The fourth-order valence-electron chi connectivity index (χ4n) is 2.34. The van der Waals surface area contributed by atoms with Gasteiger partial charge in [0, 0.05) is 19.5 Å². The number of likely N-dealkylation sites (tertiary alicyclic amines) is 1. The molecule has 0 saturated carbocycles. The molecule has 1 aromatic carbocycles. The highest BCUT2D eigenvalue weighted by atomic mass is 16.2. The monoisotopic (exact) mass is 261 g/mol. The minimum absolute atomic E-state index is 0.212. The van der Waals surface area contributed by atoms with Gasteiger partial charge in [0.2, 0.25) is 11.8 Å². The lowest BCUT2D eigenvalue weighted by Gasteiger charge is -2.16. The molecular formula is C14H19N3O2. The Balaban J connectivity index is 1.95. The SMILES string of the molecule is CC1CC(=O)N(Cc2ccc(CC(=O)NN)cc2)C1. The number of hydrogen-bond donors (Lipinski definition) is 2. The molecule has 19 heavy (non-hydrogen) atoms. The van der Waals surface area contributed by atoms with Crippen LogP contribution in [0.3, 0.4) is 0 Å². The van der Waals surface area contributed by atoms with Crippen molar-refractivity contribution in [2.24, 2.45) is 11.8 Å². The van der Waals surface area contributed by atoms with E-state index >= 15 is 0 Å². The van der Waals surface area contributed by atoms with E-state index in [0.29, 0.717) is 18.9 Å². The van der Waals surface area contributed by atoms with E-state index in [0.717, 1.165) is 17.7 Å². The third-order valence-corrected chi connectivity index (χ3v) is 3.33. The molecule has 102 valence electrons. The first kappa shape index (κ1) is 13.5. The highest BCUT2D eigenvalue weighted by molar-refractivity contribution is 5.78. The maximum Gasteiger partial charge on any atom is 0.238 e. The van der Waals surface area contributed by atoms with Crippen molar-refractivity contribution in [1.29, 1.82) is 0 Å². The van der Waals surface area contributed by atoms with Crippen molar-refractivity contribution in [3.8, 4) is 0 Å². The Hall–Kier alpha value is -1.88. The summed E-state index contributed by atoms with van der Waals surface area (Å²) in [6, 6.07) is 7.70. The average Bonchev–Trinajstić information content (AvgIpc) is 2.70. The molecule has 1 aromatic rings. The smallest absolute Gasteiger partial charge is 0.238 e. The van der Waals surface area contributed by atoms with Crippen LogP contribution in [0.25, 0.3) is 0 Å². The summed E-state index contributed by atoms with van der Waals surface area (Å²) in [6.07, 6.45) is 0.922. The van der Waals surface area contributed by atoms with Gasteiger partial charge in [-0.15, -0.1) is 0 Å². The molecule has 0 aromatic heterocycles. The second-order valence-corrected chi connectivity index (χ2v) is 5.14. The number of amides is 2. The van der Waals surface area contributed by atoms with E-state index in [1.54, 1.807) is 0 Å². The van der Waals surface area contributed by atoms with Crippen LogP contribution in [0.5, 0.6) is 0 Å². The van der Waals surface area contributed by atoms with Crippen molar-refractivity contribution in [1.82, 2.24) is 10.3 Å². The molecule has 2 amide bonds. The summed E-state index contributed by atoms with van der Waals surface area (Å²) < 4.78 is 0. The molecule has 1 aliphatic heterocycles. The number of rotatable bonds is 4. The minimum Gasteiger partial charge on any atom is -0.338 e. The molecule has 0 bridgehead atoms. The van der Waals surface area contributed by atoms with Gasteiger partial charge in [0.25, 0.3) is 0 Å². The van der Waals surface area contributed by atoms with E-state index in [9.17, 15) is 9.59 Å². The Morgan fingerprint density at radius 1 is 1.37 bits per heavy atom. The first-order valence-corrected chi connectivity index (χ1v) is 6.43. The zero-order valence-corrected chi connectivity index (χ0v) is 11.1. The third kappa shape index (κ3) is 3.54. The molecule has 1 atom stereocenters. The summed E-state index contributed by atoms with van der Waals surface area (Å²) in [5.74, 6) is 5.50. The van der Waals surface area contributed by atoms with Crippen molar-refractivity contribution in [3.05, 3.63) is 35.4 Å². The van der Waals surface area contributed by atoms with Gasteiger partial charge in [-0.2, -0.15) is 0 Å². The second-order valence-electron chi connectivity index (χ2n) is 5.14. The molecule has 1 aliphatic rings. The first-order valence-electron chi connectivity index (χ1n) is 6.43. The van der Waals surface area contributed by atoms with Gasteiger partial charge in [-0.1, -0.05) is 31.2 Å². The molecule has 1 heterocycles. The van der Waals surface area contributed by atoms with Crippen molar-refractivity contribution in [2.75, 3.05) is 6.54 Å². The van der Waals surface area contributed by atoms with Crippen LogP contribution in [0.1, 0.15) is 24.5 Å². The Kier molecular flexibility index (Phi) is 4.16. The fraction of sp³-hybridized carbons (Fsp3) is 0.429. The molecule has 0 radical (unpaired) electrons. The average molecular weight is 261 g/mol. The van der Waals surface area contributed by atoms with Gasteiger partial charge in [-0.05, 0) is 17.0 Å². The Bertz CT molecular complexity index is 470. The van der Waals surface area contributed by atoms with Gasteiger partial charge in [0.15, 0.2) is 0 Å². The molecule has 0 spiro atoms. The van der Waals surface area contributed by atoms with E-state index in [1.807, 2.05) is 29.2 Å². The molecule has 5 nitrogen and oxygen atoms in total. The van der Waals surface area contributed by atoms with E-state index < -0.39 is 0 Å². The van der Waals surface area contributed by atoms with E-state index in [1.165, 1.54) is 0 Å². The van der Waals surface area contributed by atoms with Gasteiger partial charge >= 0.3 is 0 Å². The van der Waals surface area contributed by atoms with Crippen LogP contribution in [-0.4, -0.2) is 23.3 Å². The van der Waals surface area contributed by atoms with Crippen molar-refractivity contribution in [3.63, 3.8) is 0 Å². The zero-order valence-electron chi connectivity index (χ0n) is 11.1. The topological polar surface area (TPSA) is 75.4 Å². The molecule has 1 unspecified atom stereocenters. The largest absolute Gasteiger partial charge is 0.338 e. The van der Waals surface area contributed by atoms with Crippen LogP contribution in [0, 0.1) is 5.92 Å². The lowest BCUT2D eigenvalue weighted by Crippen LogP contribution is -2.31. The van der Waals surface area contributed by atoms with E-state index in [2.05, 4.69) is 12.3 Å². The van der Waals surface area contributed by atoms with Gasteiger partial charge < -0.3 is 4.90 Å². The van der Waals surface area contributed by atoms with Crippen molar-refractivity contribution >= 4 is 11.8 Å². The number of nitrogens with two attached hydrogens (primary N) is 1. The Morgan fingerprint density at radius 3 is 2.53 bits per heavy atom. The quantitative estimate of drug-likeness (QED) is 0.473. The number of nitrogens with one attached hydrogen (secondary N) is 1. The minimum atomic E-state index is -0.212. The molecule has 1 fully saturated rings. The summed E-state index contributed by atoms with van der Waals surface area (Å²) in [6.45, 7) is 3.56. The predicted octanol–water partition coefficient (Wildman–Crippen LogP) is 0.587. The van der Waals surface area contributed by atoms with Crippen LogP contribution in [0.4, 0.5) is 0 Å². The lowest BCUT2D eigenvalue weighted by molar-refractivity contribution is -0.128. The number of hydrazine groups is 1. The molecule has 2 rings (SSSR count). The summed E-state index contributed by atoms with van der Waals surface area (Å²) in [5, 5.41) is 0. The number of carbonyl (C=O) groups is 2. The third-order valence-electron chi connectivity index (χ3n) is 3.33. The van der Waals surface area contributed by atoms with Crippen LogP contribution in [0.15, 0.2) is 24.3 Å². The lowest BCUT2D eigenvalue weighted by atomic mass is 10.1. The van der Waals surface area contributed by atoms with E-state index in [-0.39, 0.29) is 18.2 Å². The second kappa shape index (κ2) is 5.84. The number of benzene rings is 1. The maximum atomic E-state index is 11.7. The van der Waals surface area contributed by atoms with E-state index in [4.69, 9.17) is 5.84 Å². The fourth-order valence-corrected chi connectivity index (χ4v) is 2.34. The molecule has 0 aliphatic carbocycles.